The average Bonchev–Trinajstić information content (AvgIpc) is 3.77. The number of nitrogens with one attached hydrogen (secondary N) is 2. The van der Waals surface area contributed by atoms with E-state index in [2.05, 4.69) is 46.6 Å². The van der Waals surface area contributed by atoms with E-state index in [1.54, 1.807) is 32.7 Å². The summed E-state index contributed by atoms with van der Waals surface area (Å²) in [7, 11) is 5.05. The van der Waals surface area contributed by atoms with Gasteiger partial charge in [0.25, 0.3) is 0 Å². The van der Waals surface area contributed by atoms with Gasteiger partial charge in [0.2, 0.25) is 5.91 Å². The van der Waals surface area contributed by atoms with Crippen molar-refractivity contribution in [3.05, 3.63) is 108 Å². The molecule has 0 saturated heterocycles. The number of aliphatic hydroxyl groups excluding tert-OH is 1. The fraction of sp³-hybridized carbons (Fsp3) is 0.395. The first-order valence-corrected chi connectivity index (χ1v) is 20.2. The minimum absolute atomic E-state index is 0. The van der Waals surface area contributed by atoms with Gasteiger partial charge in [-0.05, 0) is 98.0 Å². The predicted molar refractivity (Wildman–Crippen MR) is 247 cm³/mol. The number of aromatic nitrogens is 2. The van der Waals surface area contributed by atoms with Crippen LogP contribution >= 0.6 is 47.5 Å². The molecule has 7 N–H and O–H groups in total. The van der Waals surface area contributed by atoms with E-state index < -0.39 is 0 Å². The second kappa shape index (κ2) is 25.9. The molecule has 0 fully saturated rings. The summed E-state index contributed by atoms with van der Waals surface area (Å²) in [5, 5.41) is 18.6. The van der Waals surface area contributed by atoms with Crippen molar-refractivity contribution in [1.82, 2.24) is 20.6 Å². The fourth-order valence-corrected chi connectivity index (χ4v) is 8.66. The van der Waals surface area contributed by atoms with Gasteiger partial charge in [0.05, 0.1) is 45.7 Å². The van der Waals surface area contributed by atoms with Gasteiger partial charge in [-0.15, -0.1) is 47.5 Å². The zero-order valence-corrected chi connectivity index (χ0v) is 38.7. The molecular formula is C43H60Cl2N6O6S2. The lowest BCUT2D eigenvalue weighted by atomic mass is 9.97. The van der Waals surface area contributed by atoms with Crippen molar-refractivity contribution in [3.63, 3.8) is 0 Å². The number of nitrogens with zero attached hydrogens (tertiary/aromatic N) is 2. The number of amides is 1. The summed E-state index contributed by atoms with van der Waals surface area (Å²) in [4.78, 5) is 29.9. The first-order valence-electron chi connectivity index (χ1n) is 18.5. The van der Waals surface area contributed by atoms with Crippen LogP contribution in [0.5, 0.6) is 17.2 Å². The molecule has 5 aromatic rings. The smallest absolute Gasteiger partial charge is 0.224 e. The maximum absolute atomic E-state index is 12.0. The van der Waals surface area contributed by atoms with Gasteiger partial charge in [-0.1, -0.05) is 36.4 Å². The Bertz CT molecular complexity index is 2020. The topological polar surface area (TPSA) is 184 Å². The van der Waals surface area contributed by atoms with Crippen molar-refractivity contribution >= 4 is 70.4 Å². The van der Waals surface area contributed by atoms with Crippen molar-refractivity contribution in [1.29, 1.82) is 0 Å². The van der Waals surface area contributed by atoms with Gasteiger partial charge in [-0.3, -0.25) is 4.79 Å². The predicted octanol–water partition coefficient (Wildman–Crippen LogP) is 7.50. The number of aryl methyl sites for hydroxylation is 6. The number of aliphatic hydroxyl groups is 1. The van der Waals surface area contributed by atoms with Crippen LogP contribution in [0.25, 0.3) is 0 Å². The molecule has 6 rings (SSSR count). The van der Waals surface area contributed by atoms with Crippen LogP contribution in [0.15, 0.2) is 41.8 Å². The van der Waals surface area contributed by atoms with Crippen molar-refractivity contribution < 1.29 is 28.9 Å². The Morgan fingerprint density at radius 2 is 1.27 bits per heavy atom. The Labute approximate surface area is 369 Å². The van der Waals surface area contributed by atoms with E-state index in [0.717, 1.165) is 75.7 Å². The van der Waals surface area contributed by atoms with Crippen LogP contribution in [0.3, 0.4) is 0 Å². The minimum atomic E-state index is 0. The van der Waals surface area contributed by atoms with E-state index in [4.69, 9.17) is 35.6 Å². The third-order valence-electron chi connectivity index (χ3n) is 9.25. The van der Waals surface area contributed by atoms with E-state index in [1.165, 1.54) is 38.6 Å². The quantitative estimate of drug-likeness (QED) is 0.0886. The monoisotopic (exact) mass is 890 g/mol. The molecule has 12 nitrogen and oxygen atoms in total. The molecule has 1 atom stereocenters. The van der Waals surface area contributed by atoms with Gasteiger partial charge in [-0.25, -0.2) is 9.97 Å². The Balaban J connectivity index is 0.000000442. The molecule has 1 amide bonds. The average molecular weight is 892 g/mol. The largest absolute Gasteiger partial charge is 0.496 e. The van der Waals surface area contributed by atoms with Gasteiger partial charge in [0.15, 0.2) is 10.3 Å². The van der Waals surface area contributed by atoms with Crippen molar-refractivity contribution in [3.8, 4) is 17.2 Å². The van der Waals surface area contributed by atoms with E-state index in [9.17, 15) is 4.79 Å². The lowest BCUT2D eigenvalue weighted by Crippen LogP contribution is -2.30. The molecule has 1 aliphatic heterocycles. The summed E-state index contributed by atoms with van der Waals surface area (Å²) in [6.45, 7) is 15.7. The normalized spacial score (nSPS) is 12.3. The first-order chi connectivity index (χ1) is 27.3. The van der Waals surface area contributed by atoms with Crippen molar-refractivity contribution in [2.75, 3.05) is 45.9 Å². The van der Waals surface area contributed by atoms with Crippen molar-refractivity contribution in [2.24, 2.45) is 0 Å². The zero-order chi connectivity index (χ0) is 42.2. The lowest BCUT2D eigenvalue weighted by molar-refractivity contribution is -0.120. The molecule has 0 aliphatic carbocycles. The van der Waals surface area contributed by atoms with E-state index in [1.807, 2.05) is 64.1 Å². The number of halogens is 2. The number of nitrogens with two attached hydrogens (primary N) is 2. The highest BCUT2D eigenvalue weighted by molar-refractivity contribution is 7.15. The number of fused-ring (bicyclic) bond motifs is 1. The zero-order valence-electron chi connectivity index (χ0n) is 35.4. The Morgan fingerprint density at radius 1 is 0.797 bits per heavy atom. The summed E-state index contributed by atoms with van der Waals surface area (Å²) < 4.78 is 16.0. The third-order valence-corrected chi connectivity index (χ3v) is 11.0. The summed E-state index contributed by atoms with van der Waals surface area (Å²) >= 11 is 3.03. The lowest BCUT2D eigenvalue weighted by Gasteiger charge is -2.23. The van der Waals surface area contributed by atoms with Gasteiger partial charge in [0.1, 0.15) is 24.0 Å². The Hall–Kier alpha value is -4.44. The second-order valence-corrected chi connectivity index (χ2v) is 15.7. The third kappa shape index (κ3) is 15.3. The SMILES string of the molecule is C=O.COc1c(C)cc(CC(=O)NCCc2csc(N)n2)cc1C.COc1c(C)cc(CC2NCCc3nc(N)sc32)cc1C.COc1c(C)cc(CO)cc1C.Cl.Cl. The van der Waals surface area contributed by atoms with Crippen LogP contribution in [0, 0.1) is 41.5 Å². The standard InChI is InChI=1S/C16H21N3O2S.C16H21N3OS.C10H14O2.CH2O.2ClH/c1-10-6-12(7-11(2)15(10)21-3)8-14(20)18-5-4-13-9-22-16(17)19-13;1-9-6-11(7-10(2)14(9)20-3)8-13-15-12(4-5-18-13)19-16(17)21-15;1-7-4-9(6-11)5-8(2)10(7)12-3;1-2;;/h6-7,9H,4-5,8H2,1-3H3,(H2,17,19)(H,18,20);6-7,13,18H,4-5,8H2,1-3H3,(H2,17,19);4-5,11H,6H2,1-3H3;1H2;2*1H. The summed E-state index contributed by atoms with van der Waals surface area (Å²) in [5.74, 6) is 2.78. The summed E-state index contributed by atoms with van der Waals surface area (Å²) in [6.07, 6.45) is 2.99. The number of hydrogen-bond acceptors (Lipinski definition) is 13. The number of rotatable bonds is 11. The molecule has 0 saturated carbocycles. The molecule has 324 valence electrons. The second-order valence-electron chi connectivity index (χ2n) is 13.7. The van der Waals surface area contributed by atoms with E-state index in [-0.39, 0.29) is 37.3 Å². The van der Waals surface area contributed by atoms with Crippen LogP contribution in [0.2, 0.25) is 0 Å². The number of thiazole rings is 2. The molecule has 0 spiro atoms. The maximum atomic E-state index is 12.0. The highest BCUT2D eigenvalue weighted by Crippen LogP contribution is 2.34. The summed E-state index contributed by atoms with van der Waals surface area (Å²) in [5.41, 5.74) is 23.4. The summed E-state index contributed by atoms with van der Waals surface area (Å²) in [6, 6.07) is 12.6. The van der Waals surface area contributed by atoms with Crippen LogP contribution in [0.4, 0.5) is 10.3 Å². The molecule has 2 aromatic heterocycles. The molecule has 3 aromatic carbocycles. The molecule has 1 aliphatic rings. The van der Waals surface area contributed by atoms with Crippen LogP contribution in [-0.4, -0.2) is 62.2 Å². The molecule has 16 heteroatoms. The Morgan fingerprint density at radius 3 is 1.71 bits per heavy atom. The maximum Gasteiger partial charge on any atom is 0.224 e. The van der Waals surface area contributed by atoms with E-state index in [0.29, 0.717) is 35.7 Å². The molecule has 0 radical (unpaired) electrons. The van der Waals surface area contributed by atoms with Gasteiger partial charge >= 0.3 is 0 Å². The number of carbonyl (C=O) groups excluding carboxylic acids is 2. The molecule has 0 bridgehead atoms. The number of nitrogen functional groups attached to an aromatic ring is 2. The fourth-order valence-electron chi connectivity index (χ4n) is 7.10. The van der Waals surface area contributed by atoms with Gasteiger partial charge in [-0.2, -0.15) is 0 Å². The van der Waals surface area contributed by atoms with E-state index >= 15 is 0 Å². The highest BCUT2D eigenvalue weighted by Gasteiger charge is 2.24. The highest BCUT2D eigenvalue weighted by atomic mass is 35.5. The molecule has 3 heterocycles. The number of carbonyl (C=O) groups is 2. The number of anilines is 2. The molecule has 1 unspecified atom stereocenters. The number of benzene rings is 3. The van der Waals surface area contributed by atoms with Crippen LogP contribution < -0.4 is 36.3 Å². The minimum Gasteiger partial charge on any atom is -0.496 e. The van der Waals surface area contributed by atoms with Gasteiger partial charge in [0, 0.05) is 42.2 Å². The first kappa shape index (κ1) is 52.6. The number of hydrogen-bond donors (Lipinski definition) is 5. The van der Waals surface area contributed by atoms with Crippen molar-refractivity contribution in [2.45, 2.75) is 79.9 Å². The van der Waals surface area contributed by atoms with Crippen LogP contribution in [-0.2, 0) is 41.9 Å². The van der Waals surface area contributed by atoms with Gasteiger partial charge < -0.3 is 46.2 Å². The number of methoxy groups -OCH3 is 3. The molecule has 59 heavy (non-hydrogen) atoms. The Kier molecular flexibility index (Phi) is 23.1. The number of ether oxygens (including phenoxy) is 3. The molecular weight excluding hydrogens is 832 g/mol. The van der Waals surface area contributed by atoms with Crippen LogP contribution in [0.1, 0.15) is 72.4 Å².